The van der Waals surface area contributed by atoms with Crippen LogP contribution in [0.2, 0.25) is 0 Å². The van der Waals surface area contributed by atoms with Gasteiger partial charge in [-0.05, 0) is 39.5 Å². The normalized spacial score (nSPS) is 31.8. The number of carbonyl (C=O) groups is 1. The highest BCUT2D eigenvalue weighted by Gasteiger charge is 2.52. The first-order valence-corrected chi connectivity index (χ1v) is 11.4. The van der Waals surface area contributed by atoms with Gasteiger partial charge in [-0.3, -0.25) is 23.7 Å². The zero-order valence-corrected chi connectivity index (χ0v) is 19.3. The van der Waals surface area contributed by atoms with Gasteiger partial charge in [-0.2, -0.15) is 0 Å². The van der Waals surface area contributed by atoms with E-state index in [2.05, 4.69) is 4.98 Å². The summed E-state index contributed by atoms with van der Waals surface area (Å²) < 4.78 is 34.1. The third-order valence-electron chi connectivity index (χ3n) is 5.96. The molecule has 1 aliphatic heterocycles. The highest BCUT2D eigenvalue weighted by molar-refractivity contribution is 7.17. The van der Waals surface area contributed by atoms with E-state index >= 15 is 0 Å². The molecule has 0 spiro atoms. The second-order valence-corrected chi connectivity index (χ2v) is 9.25. The molecule has 1 saturated carbocycles. The number of ether oxygens (including phenoxy) is 3. The van der Waals surface area contributed by atoms with Gasteiger partial charge in [-0.15, -0.1) is 0 Å². The second-order valence-electron chi connectivity index (χ2n) is 8.84. The molecule has 0 bridgehead atoms. The van der Waals surface area contributed by atoms with Gasteiger partial charge in [0.15, 0.2) is 6.23 Å². The summed E-state index contributed by atoms with van der Waals surface area (Å²) >= 11 is 0. The number of hydrogen-bond donors (Lipinski definition) is 2. The second kappa shape index (κ2) is 10.4. The van der Waals surface area contributed by atoms with Gasteiger partial charge in [-0.25, -0.2) is 9.36 Å². The van der Waals surface area contributed by atoms with Gasteiger partial charge in [0.05, 0.1) is 36.9 Å². The Morgan fingerprint density at radius 1 is 1.41 bits per heavy atom. The smallest absolute Gasteiger partial charge is 0.330 e. The standard InChI is InChI=1S/C20H30N3O8P/c1-11(2)30-17(25)13-8-12(13)9-28-7-5-14-15(10-29-32-27)31-18(20(14,3)21)23-6-4-16(24)22-19(23)26/h4,6,11-15,18H,5,7-10,21H2,1-3H3,(H,22,24,26)/t12?,13?,14-,15-,18-,20-/m1/s1. The number of nitrogens with two attached hydrogens (primary N) is 1. The number of aromatic amines is 1. The molecule has 11 nitrogen and oxygen atoms in total. The number of nitrogens with zero attached hydrogens (tertiary/aromatic N) is 1. The molecule has 1 aromatic rings. The zero-order chi connectivity index (χ0) is 23.5. The molecule has 2 unspecified atom stereocenters. The maximum Gasteiger partial charge on any atom is 0.330 e. The minimum Gasteiger partial charge on any atom is -0.463 e. The Kier molecular flexibility index (Phi) is 8.00. The van der Waals surface area contributed by atoms with Crippen LogP contribution < -0.4 is 17.0 Å². The van der Waals surface area contributed by atoms with Crippen LogP contribution in [-0.2, 0) is 28.1 Å². The molecule has 3 N–H and O–H groups in total. The van der Waals surface area contributed by atoms with E-state index < -0.39 is 37.8 Å². The van der Waals surface area contributed by atoms with Crippen molar-refractivity contribution in [2.45, 2.75) is 57.6 Å². The first-order valence-electron chi connectivity index (χ1n) is 10.6. The van der Waals surface area contributed by atoms with E-state index in [4.69, 9.17) is 24.5 Å². The lowest BCUT2D eigenvalue weighted by Gasteiger charge is -2.31. The van der Waals surface area contributed by atoms with Gasteiger partial charge < -0.3 is 19.9 Å². The van der Waals surface area contributed by atoms with Crippen LogP contribution in [0.4, 0.5) is 0 Å². The minimum atomic E-state index is -0.998. The van der Waals surface area contributed by atoms with Crippen molar-refractivity contribution in [3.05, 3.63) is 33.1 Å². The monoisotopic (exact) mass is 471 g/mol. The molecule has 0 aromatic carbocycles. The van der Waals surface area contributed by atoms with Crippen LogP contribution in [0.1, 0.15) is 39.8 Å². The third kappa shape index (κ3) is 5.71. The van der Waals surface area contributed by atoms with Gasteiger partial charge in [0.1, 0.15) is 0 Å². The molecular formula is C20H30N3O8P. The highest BCUT2D eigenvalue weighted by atomic mass is 31.1. The fourth-order valence-electron chi connectivity index (χ4n) is 4.21. The SMILES string of the molecule is CC(C)OC(=O)C1CC1COCC[C@@H]1[C@@H](COP=O)O[C@@H](n2ccc(=O)[nH]c2=O)[C@]1(C)N. The van der Waals surface area contributed by atoms with Gasteiger partial charge in [0.25, 0.3) is 5.56 Å². The van der Waals surface area contributed by atoms with Crippen LogP contribution in [0.25, 0.3) is 0 Å². The van der Waals surface area contributed by atoms with Gasteiger partial charge in [-0.1, -0.05) is 0 Å². The first-order chi connectivity index (χ1) is 15.1. The third-order valence-corrected chi connectivity index (χ3v) is 6.22. The molecule has 2 heterocycles. The van der Waals surface area contributed by atoms with Crippen LogP contribution in [0.3, 0.4) is 0 Å². The maximum absolute atomic E-state index is 12.3. The summed E-state index contributed by atoms with van der Waals surface area (Å²) in [6.07, 6.45) is 1.07. The molecule has 178 valence electrons. The summed E-state index contributed by atoms with van der Waals surface area (Å²) in [5, 5.41) is 0. The molecule has 1 saturated heterocycles. The predicted molar refractivity (Wildman–Crippen MR) is 113 cm³/mol. The number of aromatic nitrogens is 2. The lowest BCUT2D eigenvalue weighted by atomic mass is 9.82. The molecule has 3 rings (SSSR count). The van der Waals surface area contributed by atoms with E-state index in [0.29, 0.717) is 19.6 Å². The van der Waals surface area contributed by atoms with Crippen LogP contribution in [0, 0.1) is 17.8 Å². The van der Waals surface area contributed by atoms with Crippen LogP contribution in [0.15, 0.2) is 21.9 Å². The van der Waals surface area contributed by atoms with Gasteiger partial charge >= 0.3 is 20.3 Å². The summed E-state index contributed by atoms with van der Waals surface area (Å²) in [4.78, 5) is 37.8. The summed E-state index contributed by atoms with van der Waals surface area (Å²) in [6, 6.07) is 1.22. The minimum absolute atomic E-state index is 0.0167. The fourth-order valence-corrected chi connectivity index (χ4v) is 4.42. The quantitative estimate of drug-likeness (QED) is 0.273. The van der Waals surface area contributed by atoms with Crippen molar-refractivity contribution in [2.24, 2.45) is 23.5 Å². The van der Waals surface area contributed by atoms with Crippen LogP contribution in [0.5, 0.6) is 0 Å². The Balaban J connectivity index is 1.59. The van der Waals surface area contributed by atoms with E-state index in [1.54, 1.807) is 6.92 Å². The van der Waals surface area contributed by atoms with Crippen LogP contribution >= 0.6 is 8.69 Å². The summed E-state index contributed by atoms with van der Waals surface area (Å²) in [5.41, 5.74) is 4.45. The maximum atomic E-state index is 12.3. The topological polar surface area (TPSA) is 152 Å². The first kappa shape index (κ1) is 24.7. The zero-order valence-electron chi connectivity index (χ0n) is 18.4. The fraction of sp³-hybridized carbons (Fsp3) is 0.750. The molecule has 2 fully saturated rings. The molecule has 0 amide bonds. The van der Waals surface area contributed by atoms with Crippen molar-refractivity contribution in [1.82, 2.24) is 9.55 Å². The molecule has 32 heavy (non-hydrogen) atoms. The van der Waals surface area contributed by atoms with Crippen molar-refractivity contribution in [1.29, 1.82) is 0 Å². The number of esters is 1. The van der Waals surface area contributed by atoms with E-state index in [0.717, 1.165) is 6.42 Å². The largest absolute Gasteiger partial charge is 0.463 e. The Bertz CT molecular complexity index is 930. The van der Waals surface area contributed by atoms with Gasteiger partial charge in [0.2, 0.25) is 0 Å². The Labute approximate surface area is 186 Å². The van der Waals surface area contributed by atoms with E-state index in [1.165, 1.54) is 16.8 Å². The number of hydrogen-bond acceptors (Lipinski definition) is 9. The average Bonchev–Trinajstić information content (AvgIpc) is 3.43. The predicted octanol–water partition coefficient (Wildman–Crippen LogP) is 0.985. The Morgan fingerprint density at radius 2 is 2.16 bits per heavy atom. The molecule has 2 aliphatic rings. The van der Waals surface area contributed by atoms with Crippen molar-refractivity contribution in [3.63, 3.8) is 0 Å². The number of rotatable bonds is 11. The Morgan fingerprint density at radius 3 is 2.81 bits per heavy atom. The van der Waals surface area contributed by atoms with E-state index in [9.17, 15) is 18.9 Å². The van der Waals surface area contributed by atoms with E-state index in [1.807, 2.05) is 13.8 Å². The average molecular weight is 471 g/mol. The van der Waals surface area contributed by atoms with Crippen molar-refractivity contribution >= 4 is 14.7 Å². The molecule has 6 atom stereocenters. The van der Waals surface area contributed by atoms with Crippen molar-refractivity contribution < 1.29 is 28.1 Å². The van der Waals surface area contributed by atoms with Crippen molar-refractivity contribution in [3.8, 4) is 0 Å². The lowest BCUT2D eigenvalue weighted by molar-refractivity contribution is -0.149. The molecular weight excluding hydrogens is 441 g/mol. The van der Waals surface area contributed by atoms with Crippen molar-refractivity contribution in [2.75, 3.05) is 19.8 Å². The number of nitrogens with one attached hydrogen (secondary N) is 1. The molecule has 0 radical (unpaired) electrons. The number of H-pyrrole nitrogens is 1. The van der Waals surface area contributed by atoms with E-state index in [-0.39, 0.29) is 36.4 Å². The molecule has 1 aliphatic carbocycles. The lowest BCUT2D eigenvalue weighted by Crippen LogP contribution is -2.51. The summed E-state index contributed by atoms with van der Waals surface area (Å²) in [7, 11) is -0.487. The molecule has 1 aromatic heterocycles. The summed E-state index contributed by atoms with van der Waals surface area (Å²) in [6.45, 7) is 6.22. The summed E-state index contributed by atoms with van der Waals surface area (Å²) in [5.74, 6) is -0.429. The number of carbonyl (C=O) groups excluding carboxylic acids is 1. The van der Waals surface area contributed by atoms with Crippen LogP contribution in [-0.4, -0.2) is 53.1 Å². The highest BCUT2D eigenvalue weighted by Crippen LogP contribution is 2.43. The van der Waals surface area contributed by atoms with Gasteiger partial charge in [0, 0.05) is 24.8 Å². The Hall–Kier alpha value is -1.91. The molecule has 12 heteroatoms.